The van der Waals surface area contributed by atoms with Crippen molar-refractivity contribution in [2.24, 2.45) is 4.99 Å². The summed E-state index contributed by atoms with van der Waals surface area (Å²) in [5, 5.41) is 11.6. The third-order valence-electron chi connectivity index (χ3n) is 4.52. The maximum absolute atomic E-state index is 12.3. The van der Waals surface area contributed by atoms with Gasteiger partial charge in [-0.15, -0.1) is 11.3 Å². The number of hydrogen-bond donors (Lipinski definition) is 3. The second-order valence-electron chi connectivity index (χ2n) is 7.72. The van der Waals surface area contributed by atoms with E-state index in [1.165, 1.54) is 0 Å². The highest BCUT2D eigenvalue weighted by Gasteiger charge is 2.30. The molecule has 9 heteroatoms. The fraction of sp³-hybridized carbons (Fsp3) is 0.632. The number of carbonyl (C=O) groups is 1. The topological polar surface area (TPSA) is 92.0 Å². The fourth-order valence-corrected chi connectivity index (χ4v) is 3.47. The van der Waals surface area contributed by atoms with Crippen LogP contribution in [0.4, 0.5) is 4.79 Å². The molecule has 0 bridgehead atoms. The van der Waals surface area contributed by atoms with Crippen molar-refractivity contribution in [1.29, 1.82) is 0 Å². The molecule has 0 aliphatic heterocycles. The minimum Gasteiger partial charge on any atom is -0.444 e. The predicted molar refractivity (Wildman–Crippen MR) is 114 cm³/mol. The van der Waals surface area contributed by atoms with Gasteiger partial charge in [0.1, 0.15) is 5.60 Å². The molecule has 1 amide bonds. The second-order valence-corrected chi connectivity index (χ2v) is 8.59. The molecule has 0 aromatic carbocycles. The number of nitrogens with one attached hydrogen (secondary N) is 3. The van der Waals surface area contributed by atoms with Crippen LogP contribution < -0.4 is 16.0 Å². The Labute approximate surface area is 170 Å². The molecule has 0 unspecified atom stereocenters. The highest BCUT2D eigenvalue weighted by atomic mass is 32.1. The molecule has 2 aromatic heterocycles. The molecule has 0 aliphatic carbocycles. The van der Waals surface area contributed by atoms with Gasteiger partial charge >= 0.3 is 6.09 Å². The lowest BCUT2D eigenvalue weighted by Crippen LogP contribution is -2.57. The van der Waals surface area contributed by atoms with Gasteiger partial charge in [0.25, 0.3) is 0 Å². The van der Waals surface area contributed by atoms with Crippen LogP contribution in [0.5, 0.6) is 0 Å². The summed E-state index contributed by atoms with van der Waals surface area (Å²) in [6.45, 7) is 10.8. The number of fused-ring (bicyclic) bond motifs is 1. The molecule has 28 heavy (non-hydrogen) atoms. The van der Waals surface area contributed by atoms with Gasteiger partial charge in [-0.2, -0.15) is 0 Å². The van der Waals surface area contributed by atoms with Crippen molar-refractivity contribution < 1.29 is 9.53 Å². The summed E-state index contributed by atoms with van der Waals surface area (Å²) in [4.78, 5) is 22.1. The Kier molecular flexibility index (Phi) is 7.29. The molecule has 8 nitrogen and oxygen atoms in total. The molecule has 2 heterocycles. The first-order valence-corrected chi connectivity index (χ1v) is 10.4. The number of imidazole rings is 1. The Morgan fingerprint density at radius 2 is 2.00 bits per heavy atom. The highest BCUT2D eigenvalue weighted by molar-refractivity contribution is 7.15. The Balaban J connectivity index is 1.92. The van der Waals surface area contributed by atoms with E-state index >= 15 is 0 Å². The average molecular weight is 409 g/mol. The smallest absolute Gasteiger partial charge is 0.408 e. The molecule has 2 rings (SSSR count). The number of carbonyl (C=O) groups excluding carboxylic acids is 1. The maximum Gasteiger partial charge on any atom is 0.408 e. The normalized spacial score (nSPS) is 12.9. The van der Waals surface area contributed by atoms with E-state index in [-0.39, 0.29) is 0 Å². The molecule has 0 spiro atoms. The van der Waals surface area contributed by atoms with E-state index in [2.05, 4.69) is 39.8 Å². The van der Waals surface area contributed by atoms with Gasteiger partial charge in [-0.3, -0.25) is 9.39 Å². The van der Waals surface area contributed by atoms with Crippen molar-refractivity contribution in [2.45, 2.75) is 65.1 Å². The zero-order valence-corrected chi connectivity index (χ0v) is 18.4. The van der Waals surface area contributed by atoms with E-state index < -0.39 is 17.2 Å². The monoisotopic (exact) mass is 408 g/mol. The molecular formula is C19H32N6O2S. The number of thiazole rings is 1. The van der Waals surface area contributed by atoms with Crippen LogP contribution in [0, 0.1) is 0 Å². The molecule has 2 aromatic rings. The van der Waals surface area contributed by atoms with Crippen LogP contribution in [0.1, 0.15) is 53.2 Å². The number of nitrogens with zero attached hydrogens (tertiary/aromatic N) is 3. The Morgan fingerprint density at radius 3 is 2.57 bits per heavy atom. The standard InChI is InChI=1S/C19H32N6O2S/c1-7-19(8-2,24-17(26)27-18(3,4)5)13-22-15(20-6)21-11-14-12-25-9-10-28-16(25)23-14/h9-10,12H,7-8,11,13H2,1-6H3,(H,24,26)(H2,20,21,22). The van der Waals surface area contributed by atoms with Gasteiger partial charge < -0.3 is 20.7 Å². The van der Waals surface area contributed by atoms with Gasteiger partial charge in [-0.05, 0) is 33.6 Å². The summed E-state index contributed by atoms with van der Waals surface area (Å²) in [5.41, 5.74) is -0.00337. The van der Waals surface area contributed by atoms with Crippen molar-refractivity contribution in [3.05, 3.63) is 23.5 Å². The SMILES string of the molecule is CCC(CC)(CNC(=NC)NCc1cn2ccsc2n1)NC(=O)OC(C)(C)C. The largest absolute Gasteiger partial charge is 0.444 e. The van der Waals surface area contributed by atoms with Crippen LogP contribution in [-0.2, 0) is 11.3 Å². The van der Waals surface area contributed by atoms with E-state index in [1.54, 1.807) is 18.4 Å². The third kappa shape index (κ3) is 6.12. The minimum absolute atomic E-state index is 0.404. The Morgan fingerprint density at radius 1 is 1.29 bits per heavy atom. The van der Waals surface area contributed by atoms with Gasteiger partial charge in [0.15, 0.2) is 10.9 Å². The third-order valence-corrected chi connectivity index (χ3v) is 5.29. The zero-order chi connectivity index (χ0) is 20.8. The number of guanidine groups is 1. The molecule has 0 fully saturated rings. The van der Waals surface area contributed by atoms with Crippen LogP contribution in [0.15, 0.2) is 22.8 Å². The first-order valence-electron chi connectivity index (χ1n) is 9.57. The first kappa shape index (κ1) is 22.0. The van der Waals surface area contributed by atoms with E-state index in [0.717, 1.165) is 23.5 Å². The van der Waals surface area contributed by atoms with E-state index in [1.807, 2.05) is 42.9 Å². The quantitative estimate of drug-likeness (QED) is 0.483. The van der Waals surface area contributed by atoms with Crippen LogP contribution in [-0.4, -0.2) is 46.2 Å². The molecule has 0 radical (unpaired) electrons. The summed E-state index contributed by atoms with van der Waals surface area (Å²) in [7, 11) is 1.72. The summed E-state index contributed by atoms with van der Waals surface area (Å²) in [6, 6.07) is 0. The van der Waals surface area contributed by atoms with Crippen LogP contribution >= 0.6 is 11.3 Å². The van der Waals surface area contributed by atoms with Crippen LogP contribution in [0.2, 0.25) is 0 Å². The fourth-order valence-electron chi connectivity index (χ4n) is 2.75. The molecule has 0 aliphatic rings. The van der Waals surface area contributed by atoms with Crippen molar-refractivity contribution in [3.8, 4) is 0 Å². The van der Waals surface area contributed by atoms with E-state index in [4.69, 9.17) is 4.74 Å². The average Bonchev–Trinajstić information content (AvgIpc) is 3.20. The molecule has 0 saturated heterocycles. The van der Waals surface area contributed by atoms with Crippen molar-refractivity contribution >= 4 is 28.4 Å². The summed E-state index contributed by atoms with van der Waals surface area (Å²) >= 11 is 1.60. The number of alkyl carbamates (subject to hydrolysis) is 1. The lowest BCUT2D eigenvalue weighted by atomic mass is 9.93. The van der Waals surface area contributed by atoms with E-state index in [0.29, 0.717) is 19.0 Å². The lowest BCUT2D eigenvalue weighted by molar-refractivity contribution is 0.0448. The maximum atomic E-state index is 12.3. The van der Waals surface area contributed by atoms with Crippen molar-refractivity contribution in [1.82, 2.24) is 25.3 Å². The molecule has 0 saturated carbocycles. The van der Waals surface area contributed by atoms with Crippen LogP contribution in [0.25, 0.3) is 4.96 Å². The number of hydrogen-bond acceptors (Lipinski definition) is 5. The number of aliphatic imine (C=N–C) groups is 1. The summed E-state index contributed by atoms with van der Waals surface area (Å²) in [6.07, 6.45) is 5.12. The minimum atomic E-state index is -0.527. The molecule has 3 N–H and O–H groups in total. The van der Waals surface area contributed by atoms with E-state index in [9.17, 15) is 4.79 Å². The number of amides is 1. The molecule has 0 atom stereocenters. The first-order chi connectivity index (χ1) is 13.2. The van der Waals surface area contributed by atoms with Gasteiger partial charge in [-0.25, -0.2) is 9.78 Å². The van der Waals surface area contributed by atoms with Gasteiger partial charge in [0.2, 0.25) is 0 Å². The zero-order valence-electron chi connectivity index (χ0n) is 17.6. The predicted octanol–water partition coefficient (Wildman–Crippen LogP) is 3.14. The van der Waals surface area contributed by atoms with Crippen LogP contribution in [0.3, 0.4) is 0 Å². The summed E-state index contributed by atoms with van der Waals surface area (Å²) in [5.74, 6) is 0.661. The Bertz CT molecular complexity index is 772. The number of rotatable bonds is 7. The summed E-state index contributed by atoms with van der Waals surface area (Å²) < 4.78 is 7.43. The molecule has 156 valence electrons. The Hall–Kier alpha value is -2.29. The van der Waals surface area contributed by atoms with Crippen molar-refractivity contribution in [2.75, 3.05) is 13.6 Å². The second kappa shape index (κ2) is 9.27. The number of aromatic nitrogens is 2. The highest BCUT2D eigenvalue weighted by Crippen LogP contribution is 2.16. The van der Waals surface area contributed by atoms with Gasteiger partial charge in [0, 0.05) is 31.4 Å². The number of ether oxygens (including phenoxy) is 1. The van der Waals surface area contributed by atoms with Gasteiger partial charge in [-0.1, -0.05) is 13.8 Å². The van der Waals surface area contributed by atoms with Crippen molar-refractivity contribution in [3.63, 3.8) is 0 Å². The molecular weight excluding hydrogens is 376 g/mol. The lowest BCUT2D eigenvalue weighted by Gasteiger charge is -2.34. The van der Waals surface area contributed by atoms with Gasteiger partial charge in [0.05, 0.1) is 17.8 Å².